The lowest BCUT2D eigenvalue weighted by molar-refractivity contribution is -0.117. The van der Waals surface area contributed by atoms with E-state index in [1.807, 2.05) is 18.2 Å². The number of aromatic nitrogens is 1. The number of alkyl carbamates (subject to hydrolysis) is 1. The highest BCUT2D eigenvalue weighted by molar-refractivity contribution is 5.98. The summed E-state index contributed by atoms with van der Waals surface area (Å²) in [5.41, 5.74) is 0.0543. The van der Waals surface area contributed by atoms with Crippen molar-refractivity contribution in [2.24, 2.45) is 0 Å². The minimum atomic E-state index is -0.710. The summed E-state index contributed by atoms with van der Waals surface area (Å²) in [6.45, 7) is 6.90. The lowest BCUT2D eigenvalue weighted by Crippen LogP contribution is -2.43. The molecule has 2 N–H and O–H groups in total. The van der Waals surface area contributed by atoms with E-state index in [9.17, 15) is 9.59 Å². The van der Waals surface area contributed by atoms with E-state index in [4.69, 9.17) is 4.74 Å². The molecule has 6 heteroatoms. The molecule has 2 aromatic rings. The van der Waals surface area contributed by atoms with Crippen LogP contribution in [-0.2, 0) is 9.53 Å². The van der Waals surface area contributed by atoms with E-state index in [1.54, 1.807) is 46.2 Å². The van der Waals surface area contributed by atoms with Gasteiger partial charge in [0.25, 0.3) is 0 Å². The standard InChI is InChI=1S/C17H21N3O3/c1-11(19-16(22)23-17(2,3)4)15(21)20-14-6-5-13-10-18-8-7-12(13)9-14/h5-11H,1-4H3,(H,19,22)(H,20,21)/t11-/m1/s1. The van der Waals surface area contributed by atoms with E-state index in [2.05, 4.69) is 15.6 Å². The first-order valence-electron chi connectivity index (χ1n) is 7.39. The molecule has 1 aromatic carbocycles. The number of ether oxygens (including phenoxy) is 1. The largest absolute Gasteiger partial charge is 0.444 e. The minimum absolute atomic E-state index is 0.315. The fourth-order valence-electron chi connectivity index (χ4n) is 1.96. The Morgan fingerprint density at radius 2 is 1.91 bits per heavy atom. The van der Waals surface area contributed by atoms with E-state index in [-0.39, 0.29) is 5.91 Å². The summed E-state index contributed by atoms with van der Waals surface area (Å²) in [4.78, 5) is 27.9. The van der Waals surface area contributed by atoms with Crippen LogP contribution in [0.3, 0.4) is 0 Å². The topological polar surface area (TPSA) is 80.3 Å². The van der Waals surface area contributed by atoms with Crippen molar-refractivity contribution >= 4 is 28.5 Å². The zero-order chi connectivity index (χ0) is 17.0. The van der Waals surface area contributed by atoms with Crippen molar-refractivity contribution in [3.8, 4) is 0 Å². The van der Waals surface area contributed by atoms with Crippen molar-refractivity contribution in [2.45, 2.75) is 39.3 Å². The summed E-state index contributed by atoms with van der Waals surface area (Å²) < 4.78 is 5.13. The second kappa shape index (κ2) is 6.64. The summed E-state index contributed by atoms with van der Waals surface area (Å²) in [6, 6.07) is 6.69. The Morgan fingerprint density at radius 1 is 1.17 bits per heavy atom. The maximum Gasteiger partial charge on any atom is 0.408 e. The van der Waals surface area contributed by atoms with E-state index in [0.29, 0.717) is 5.69 Å². The van der Waals surface area contributed by atoms with E-state index >= 15 is 0 Å². The van der Waals surface area contributed by atoms with Crippen molar-refractivity contribution in [1.29, 1.82) is 0 Å². The van der Waals surface area contributed by atoms with Crippen molar-refractivity contribution in [2.75, 3.05) is 5.32 Å². The van der Waals surface area contributed by atoms with Gasteiger partial charge in [0.2, 0.25) is 5.91 Å². The first-order chi connectivity index (χ1) is 10.7. The molecule has 0 aliphatic heterocycles. The number of anilines is 1. The molecule has 1 aromatic heterocycles. The van der Waals surface area contributed by atoms with Crippen LogP contribution in [0.5, 0.6) is 0 Å². The molecule has 122 valence electrons. The Labute approximate surface area is 135 Å². The number of hydrogen-bond donors (Lipinski definition) is 2. The summed E-state index contributed by atoms with van der Waals surface area (Å²) in [6.07, 6.45) is 2.83. The van der Waals surface area contributed by atoms with Gasteiger partial charge < -0.3 is 15.4 Å². The fraction of sp³-hybridized carbons (Fsp3) is 0.353. The molecular weight excluding hydrogens is 294 g/mol. The summed E-state index contributed by atoms with van der Waals surface area (Å²) >= 11 is 0. The Morgan fingerprint density at radius 3 is 2.61 bits per heavy atom. The third-order valence-corrected chi connectivity index (χ3v) is 3.03. The van der Waals surface area contributed by atoms with E-state index in [1.165, 1.54) is 0 Å². The number of nitrogens with zero attached hydrogens (tertiary/aromatic N) is 1. The van der Waals surface area contributed by atoms with Crippen LogP contribution in [0.25, 0.3) is 10.8 Å². The lowest BCUT2D eigenvalue weighted by Gasteiger charge is -2.21. The van der Waals surface area contributed by atoms with Crippen molar-refractivity contribution in [3.05, 3.63) is 36.7 Å². The molecule has 0 unspecified atom stereocenters. The van der Waals surface area contributed by atoms with Gasteiger partial charge in [0.1, 0.15) is 11.6 Å². The summed E-state index contributed by atoms with van der Waals surface area (Å²) in [5.74, 6) is -0.315. The molecule has 0 spiro atoms. The number of benzene rings is 1. The zero-order valence-electron chi connectivity index (χ0n) is 13.7. The Bertz CT molecular complexity index is 722. The molecule has 0 fully saturated rings. The van der Waals surface area contributed by atoms with Crippen LogP contribution in [0.1, 0.15) is 27.7 Å². The number of hydrogen-bond acceptors (Lipinski definition) is 4. The first-order valence-corrected chi connectivity index (χ1v) is 7.39. The van der Waals surface area contributed by atoms with Crippen LogP contribution in [0, 0.1) is 0 Å². The number of pyridine rings is 1. The zero-order valence-corrected chi connectivity index (χ0v) is 13.7. The van der Waals surface area contributed by atoms with E-state index < -0.39 is 17.7 Å². The number of rotatable bonds is 3. The molecule has 0 aliphatic rings. The predicted octanol–water partition coefficient (Wildman–Crippen LogP) is 3.09. The number of carbonyl (C=O) groups excluding carboxylic acids is 2. The maximum absolute atomic E-state index is 12.2. The average molecular weight is 315 g/mol. The maximum atomic E-state index is 12.2. The van der Waals surface area contributed by atoms with Crippen LogP contribution in [0.15, 0.2) is 36.7 Å². The van der Waals surface area contributed by atoms with Crippen molar-refractivity contribution in [1.82, 2.24) is 10.3 Å². The summed E-state index contributed by atoms with van der Waals surface area (Å²) in [7, 11) is 0. The van der Waals surface area contributed by atoms with Crippen LogP contribution in [-0.4, -0.2) is 28.6 Å². The highest BCUT2D eigenvalue weighted by atomic mass is 16.6. The molecule has 0 saturated carbocycles. The van der Waals surface area contributed by atoms with Gasteiger partial charge in [0.15, 0.2) is 0 Å². The Kier molecular flexibility index (Phi) is 4.83. The number of carbonyl (C=O) groups is 2. The average Bonchev–Trinajstić information content (AvgIpc) is 2.45. The molecule has 2 rings (SSSR count). The van der Waals surface area contributed by atoms with Crippen LogP contribution < -0.4 is 10.6 Å². The van der Waals surface area contributed by atoms with Gasteiger partial charge >= 0.3 is 6.09 Å². The van der Waals surface area contributed by atoms with Gasteiger partial charge in [-0.1, -0.05) is 6.07 Å². The highest BCUT2D eigenvalue weighted by Gasteiger charge is 2.21. The number of fused-ring (bicyclic) bond motifs is 1. The minimum Gasteiger partial charge on any atom is -0.444 e. The van der Waals surface area contributed by atoms with Gasteiger partial charge in [-0.25, -0.2) is 4.79 Å². The van der Waals surface area contributed by atoms with Gasteiger partial charge in [-0.05, 0) is 51.3 Å². The summed E-state index contributed by atoms with van der Waals surface area (Å²) in [5, 5.41) is 7.25. The smallest absolute Gasteiger partial charge is 0.408 e. The monoisotopic (exact) mass is 315 g/mol. The molecule has 23 heavy (non-hydrogen) atoms. The Hall–Kier alpha value is -2.63. The first kappa shape index (κ1) is 16.7. The molecule has 1 heterocycles. The third-order valence-electron chi connectivity index (χ3n) is 3.03. The van der Waals surface area contributed by atoms with Gasteiger partial charge in [0, 0.05) is 23.5 Å². The third kappa shape index (κ3) is 4.95. The normalized spacial score (nSPS) is 12.5. The van der Waals surface area contributed by atoms with Gasteiger partial charge in [-0.3, -0.25) is 9.78 Å². The number of nitrogens with one attached hydrogen (secondary N) is 2. The van der Waals surface area contributed by atoms with E-state index in [0.717, 1.165) is 10.8 Å². The van der Waals surface area contributed by atoms with Crippen molar-refractivity contribution in [3.63, 3.8) is 0 Å². The fourth-order valence-corrected chi connectivity index (χ4v) is 1.96. The molecule has 2 amide bonds. The lowest BCUT2D eigenvalue weighted by atomic mass is 10.1. The van der Waals surface area contributed by atoms with Gasteiger partial charge in [0.05, 0.1) is 0 Å². The molecule has 0 saturated heterocycles. The highest BCUT2D eigenvalue weighted by Crippen LogP contribution is 2.18. The van der Waals surface area contributed by atoms with Gasteiger partial charge in [-0.2, -0.15) is 0 Å². The van der Waals surface area contributed by atoms with Crippen LogP contribution in [0.2, 0.25) is 0 Å². The second-order valence-electron chi connectivity index (χ2n) is 6.29. The SMILES string of the molecule is C[C@@H](NC(=O)OC(C)(C)C)C(=O)Nc1ccc2cnccc2c1. The molecule has 1 atom stereocenters. The quantitative estimate of drug-likeness (QED) is 0.912. The molecule has 0 bridgehead atoms. The van der Waals surface area contributed by atoms with Crippen LogP contribution >= 0.6 is 0 Å². The Balaban J connectivity index is 1.98. The molecule has 0 radical (unpaired) electrons. The second-order valence-corrected chi connectivity index (χ2v) is 6.29. The number of amides is 2. The molecule has 6 nitrogen and oxygen atoms in total. The predicted molar refractivity (Wildman–Crippen MR) is 89.2 cm³/mol. The van der Waals surface area contributed by atoms with Crippen molar-refractivity contribution < 1.29 is 14.3 Å². The molecular formula is C17H21N3O3. The molecule has 0 aliphatic carbocycles. The van der Waals surface area contributed by atoms with Crippen LogP contribution in [0.4, 0.5) is 10.5 Å². The van der Waals surface area contributed by atoms with Gasteiger partial charge in [-0.15, -0.1) is 0 Å².